The number of nitrogens with zero attached hydrogens (tertiary/aromatic N) is 1. The lowest BCUT2D eigenvalue weighted by Gasteiger charge is -2.21. The molecule has 0 aliphatic carbocycles. The van der Waals surface area contributed by atoms with Crippen molar-refractivity contribution in [2.75, 3.05) is 13.2 Å². The maximum atomic E-state index is 12.4. The summed E-state index contributed by atoms with van der Waals surface area (Å²) in [6.07, 6.45) is 1.62. The molecule has 1 aromatic carbocycles. The predicted octanol–water partition coefficient (Wildman–Crippen LogP) is 2.34. The van der Waals surface area contributed by atoms with Gasteiger partial charge in [-0.3, -0.25) is 4.79 Å². The van der Waals surface area contributed by atoms with Crippen LogP contribution in [0.3, 0.4) is 0 Å². The van der Waals surface area contributed by atoms with Gasteiger partial charge in [-0.25, -0.2) is 0 Å². The van der Waals surface area contributed by atoms with E-state index in [9.17, 15) is 9.90 Å². The molecule has 5 heteroatoms. The number of benzene rings is 1. The molecular weight excluding hydrogens is 268 g/mol. The van der Waals surface area contributed by atoms with Crippen molar-refractivity contribution in [2.24, 2.45) is 0 Å². The molecule has 0 bridgehead atoms. The van der Waals surface area contributed by atoms with Gasteiger partial charge in [-0.15, -0.1) is 0 Å². The molecule has 2 heterocycles. The average Bonchev–Trinajstić information content (AvgIpc) is 2.49. The van der Waals surface area contributed by atoms with Gasteiger partial charge >= 0.3 is 0 Å². The number of aromatic amines is 1. The summed E-state index contributed by atoms with van der Waals surface area (Å²) in [4.78, 5) is 19.4. The molecule has 110 valence electrons. The largest absolute Gasteiger partial charge is 0.493 e. The first kappa shape index (κ1) is 13.8. The average molecular weight is 286 g/mol. The smallest absolute Gasteiger partial charge is 0.262 e. The van der Waals surface area contributed by atoms with E-state index < -0.39 is 0 Å². The number of aryl methyl sites for hydroxylation is 1. The lowest BCUT2D eigenvalue weighted by Crippen LogP contribution is -2.21. The van der Waals surface area contributed by atoms with Crippen LogP contribution in [0.1, 0.15) is 30.1 Å². The molecule has 5 nitrogen and oxygen atoms in total. The second-order valence-electron chi connectivity index (χ2n) is 5.35. The number of aromatic hydroxyl groups is 1. The second kappa shape index (κ2) is 5.69. The molecule has 1 aromatic heterocycles. The fourth-order valence-electron chi connectivity index (χ4n) is 2.74. The summed E-state index contributed by atoms with van der Waals surface area (Å²) in [6.45, 7) is 3.23. The zero-order chi connectivity index (χ0) is 14.8. The van der Waals surface area contributed by atoms with Crippen LogP contribution in [0, 0.1) is 6.92 Å². The monoisotopic (exact) mass is 286 g/mol. The maximum Gasteiger partial charge on any atom is 0.262 e. The lowest BCUT2D eigenvalue weighted by atomic mass is 9.98. The van der Waals surface area contributed by atoms with Gasteiger partial charge in [-0.1, -0.05) is 24.3 Å². The van der Waals surface area contributed by atoms with Crippen LogP contribution in [0.5, 0.6) is 5.88 Å². The Morgan fingerprint density at radius 1 is 1.29 bits per heavy atom. The molecular formula is C16H18N2O3. The van der Waals surface area contributed by atoms with Gasteiger partial charge in [0.15, 0.2) is 0 Å². The molecule has 0 atom stereocenters. The van der Waals surface area contributed by atoms with E-state index in [0.29, 0.717) is 24.6 Å². The van der Waals surface area contributed by atoms with Gasteiger partial charge in [0, 0.05) is 19.1 Å². The van der Waals surface area contributed by atoms with Crippen LogP contribution >= 0.6 is 0 Å². The Kier molecular flexibility index (Phi) is 3.75. The van der Waals surface area contributed by atoms with Crippen molar-refractivity contribution in [2.45, 2.75) is 25.7 Å². The standard InChI is InChI=1S/C16H18N2O3/c1-10-4-2-3-5-12(10)13-15(19)17-14(18-16(13)20)11-6-8-21-9-7-11/h2-5,11H,6-9H2,1H3,(H2,17,18,19,20). The molecule has 21 heavy (non-hydrogen) atoms. The van der Waals surface area contributed by atoms with E-state index >= 15 is 0 Å². The van der Waals surface area contributed by atoms with E-state index in [-0.39, 0.29) is 22.9 Å². The maximum absolute atomic E-state index is 12.4. The van der Waals surface area contributed by atoms with Gasteiger partial charge in [0.2, 0.25) is 5.88 Å². The first-order valence-corrected chi connectivity index (χ1v) is 7.13. The minimum absolute atomic E-state index is 0.142. The number of aromatic nitrogens is 2. The van der Waals surface area contributed by atoms with Gasteiger partial charge in [-0.2, -0.15) is 4.98 Å². The lowest BCUT2D eigenvalue weighted by molar-refractivity contribution is 0.0834. The summed E-state index contributed by atoms with van der Waals surface area (Å²) in [6, 6.07) is 7.46. The fourth-order valence-corrected chi connectivity index (χ4v) is 2.74. The Bertz CT molecular complexity index is 703. The van der Waals surface area contributed by atoms with Crippen LogP contribution in [0.25, 0.3) is 11.1 Å². The minimum Gasteiger partial charge on any atom is -0.493 e. The van der Waals surface area contributed by atoms with Crippen molar-refractivity contribution in [1.29, 1.82) is 0 Å². The Balaban J connectivity index is 2.05. The highest BCUT2D eigenvalue weighted by Crippen LogP contribution is 2.29. The van der Waals surface area contributed by atoms with E-state index in [4.69, 9.17) is 4.74 Å². The molecule has 1 aliphatic rings. The molecule has 0 radical (unpaired) electrons. The van der Waals surface area contributed by atoms with Crippen LogP contribution in [0.2, 0.25) is 0 Å². The number of ether oxygens (including phenoxy) is 1. The molecule has 1 aliphatic heterocycles. The number of H-pyrrole nitrogens is 1. The molecule has 3 rings (SSSR count). The van der Waals surface area contributed by atoms with E-state index in [1.54, 1.807) is 0 Å². The molecule has 0 amide bonds. The van der Waals surface area contributed by atoms with Crippen molar-refractivity contribution in [3.8, 4) is 17.0 Å². The van der Waals surface area contributed by atoms with Crippen molar-refractivity contribution < 1.29 is 9.84 Å². The Hall–Kier alpha value is -2.14. The summed E-state index contributed by atoms with van der Waals surface area (Å²) in [7, 11) is 0. The molecule has 0 unspecified atom stereocenters. The highest BCUT2D eigenvalue weighted by molar-refractivity contribution is 5.70. The second-order valence-corrected chi connectivity index (χ2v) is 5.35. The molecule has 0 saturated carbocycles. The highest BCUT2D eigenvalue weighted by atomic mass is 16.5. The number of hydrogen-bond acceptors (Lipinski definition) is 4. The fraction of sp³-hybridized carbons (Fsp3) is 0.375. The van der Waals surface area contributed by atoms with Crippen LogP contribution in [0.15, 0.2) is 29.1 Å². The van der Waals surface area contributed by atoms with Gasteiger partial charge in [-0.05, 0) is 30.9 Å². The normalized spacial score (nSPS) is 16.0. The Morgan fingerprint density at radius 3 is 2.67 bits per heavy atom. The summed E-state index contributed by atoms with van der Waals surface area (Å²) >= 11 is 0. The van der Waals surface area contributed by atoms with Gasteiger partial charge in [0.1, 0.15) is 11.4 Å². The van der Waals surface area contributed by atoms with E-state index in [2.05, 4.69) is 9.97 Å². The third-order valence-corrected chi connectivity index (χ3v) is 3.94. The topological polar surface area (TPSA) is 75.2 Å². The van der Waals surface area contributed by atoms with Gasteiger partial charge in [0.25, 0.3) is 5.56 Å². The number of hydrogen-bond donors (Lipinski definition) is 2. The summed E-state index contributed by atoms with van der Waals surface area (Å²) < 4.78 is 5.31. The van der Waals surface area contributed by atoms with E-state index in [1.807, 2.05) is 31.2 Å². The predicted molar refractivity (Wildman–Crippen MR) is 79.5 cm³/mol. The van der Waals surface area contributed by atoms with Crippen LogP contribution in [-0.4, -0.2) is 28.3 Å². The quantitative estimate of drug-likeness (QED) is 0.888. The summed E-state index contributed by atoms with van der Waals surface area (Å²) in [5, 5.41) is 10.2. The van der Waals surface area contributed by atoms with E-state index in [1.165, 1.54) is 0 Å². The molecule has 2 N–H and O–H groups in total. The number of nitrogens with one attached hydrogen (secondary N) is 1. The highest BCUT2D eigenvalue weighted by Gasteiger charge is 2.21. The van der Waals surface area contributed by atoms with Crippen molar-refractivity contribution in [1.82, 2.24) is 9.97 Å². The Morgan fingerprint density at radius 2 is 2.00 bits per heavy atom. The summed E-state index contributed by atoms with van der Waals surface area (Å²) in [5.74, 6) is 0.496. The molecule has 1 fully saturated rings. The molecule has 0 spiro atoms. The first-order chi connectivity index (χ1) is 10.2. The zero-order valence-electron chi connectivity index (χ0n) is 11.9. The number of rotatable bonds is 2. The van der Waals surface area contributed by atoms with Crippen molar-refractivity contribution >= 4 is 0 Å². The molecule has 1 saturated heterocycles. The van der Waals surface area contributed by atoms with Crippen LogP contribution in [0.4, 0.5) is 0 Å². The Labute approximate surface area is 122 Å². The summed E-state index contributed by atoms with van der Waals surface area (Å²) in [5.41, 5.74) is 1.59. The SMILES string of the molecule is Cc1ccccc1-c1c(O)nc(C2CCOCC2)[nH]c1=O. The van der Waals surface area contributed by atoms with Gasteiger partial charge in [0.05, 0.1) is 0 Å². The first-order valence-electron chi connectivity index (χ1n) is 7.13. The third kappa shape index (κ3) is 2.69. The third-order valence-electron chi connectivity index (χ3n) is 3.94. The van der Waals surface area contributed by atoms with Crippen molar-refractivity contribution in [3.05, 3.63) is 46.0 Å². The van der Waals surface area contributed by atoms with Crippen LogP contribution in [-0.2, 0) is 4.74 Å². The van der Waals surface area contributed by atoms with Crippen LogP contribution < -0.4 is 5.56 Å². The molecule has 2 aromatic rings. The zero-order valence-corrected chi connectivity index (χ0v) is 11.9. The van der Waals surface area contributed by atoms with E-state index in [0.717, 1.165) is 18.4 Å². The van der Waals surface area contributed by atoms with Gasteiger partial charge < -0.3 is 14.8 Å². The van der Waals surface area contributed by atoms with Crippen molar-refractivity contribution in [3.63, 3.8) is 0 Å². The minimum atomic E-state index is -0.293.